The number of morpholine rings is 1. The summed E-state index contributed by atoms with van der Waals surface area (Å²) in [5.41, 5.74) is -0.847. The first-order chi connectivity index (χ1) is 10.3. The van der Waals surface area contributed by atoms with Gasteiger partial charge in [-0.2, -0.15) is 0 Å². The Bertz CT molecular complexity index is 556. The molecule has 0 spiro atoms. The fourth-order valence-corrected chi connectivity index (χ4v) is 2.26. The van der Waals surface area contributed by atoms with Crippen molar-refractivity contribution in [2.24, 2.45) is 0 Å². The van der Waals surface area contributed by atoms with Crippen molar-refractivity contribution in [3.8, 4) is 0 Å². The monoisotopic (exact) mass is 320 g/mol. The second-order valence-electron chi connectivity index (χ2n) is 5.12. The summed E-state index contributed by atoms with van der Waals surface area (Å²) < 4.78 is 58.6. The van der Waals surface area contributed by atoms with E-state index in [2.05, 4.69) is 5.32 Å². The van der Waals surface area contributed by atoms with E-state index in [1.54, 1.807) is 13.8 Å². The third-order valence-electron chi connectivity index (χ3n) is 3.76. The van der Waals surface area contributed by atoms with Crippen LogP contribution in [0.4, 0.5) is 22.4 Å². The summed E-state index contributed by atoms with van der Waals surface area (Å²) in [5, 5.41) is 2.27. The number of ether oxygens (including phenoxy) is 1. The average molecular weight is 320 g/mol. The van der Waals surface area contributed by atoms with Gasteiger partial charge in [0.25, 0.3) is 0 Å². The number of hydrogen-bond donors (Lipinski definition) is 1. The van der Waals surface area contributed by atoms with Gasteiger partial charge in [-0.3, -0.25) is 0 Å². The first-order valence-corrected chi connectivity index (χ1v) is 6.80. The van der Waals surface area contributed by atoms with E-state index in [4.69, 9.17) is 4.74 Å². The molecule has 1 aromatic rings. The lowest BCUT2D eigenvalue weighted by atomic mass is 10.1. The molecular weight excluding hydrogens is 304 g/mol. The summed E-state index contributed by atoms with van der Waals surface area (Å²) in [6.07, 6.45) is -0.181. The van der Waals surface area contributed by atoms with Gasteiger partial charge in [-0.1, -0.05) is 0 Å². The molecule has 1 saturated heterocycles. The number of urea groups is 1. The molecule has 122 valence electrons. The predicted molar refractivity (Wildman–Crippen MR) is 70.1 cm³/mol. The predicted octanol–water partition coefficient (Wildman–Crippen LogP) is 2.56. The highest BCUT2D eigenvalue weighted by atomic mass is 19.2. The van der Waals surface area contributed by atoms with E-state index in [9.17, 15) is 22.4 Å². The van der Waals surface area contributed by atoms with Crippen molar-refractivity contribution in [2.45, 2.75) is 32.5 Å². The van der Waals surface area contributed by atoms with E-state index in [0.717, 1.165) is 0 Å². The molecule has 1 aliphatic heterocycles. The van der Waals surface area contributed by atoms with Crippen molar-refractivity contribution in [3.05, 3.63) is 34.9 Å². The summed E-state index contributed by atoms with van der Waals surface area (Å²) in [6, 6.07) is -0.680. The molecule has 4 nitrogen and oxygen atoms in total. The molecule has 0 aliphatic carbocycles. The van der Waals surface area contributed by atoms with Crippen LogP contribution >= 0.6 is 0 Å². The van der Waals surface area contributed by atoms with Crippen molar-refractivity contribution >= 4 is 6.03 Å². The van der Waals surface area contributed by atoms with Gasteiger partial charge >= 0.3 is 6.03 Å². The molecule has 2 rings (SSSR count). The van der Waals surface area contributed by atoms with Gasteiger partial charge in [0, 0.05) is 18.2 Å². The molecule has 0 bridgehead atoms. The Hall–Kier alpha value is -1.83. The van der Waals surface area contributed by atoms with Crippen LogP contribution < -0.4 is 5.32 Å². The maximum Gasteiger partial charge on any atom is 0.318 e. The number of amides is 2. The molecule has 22 heavy (non-hydrogen) atoms. The van der Waals surface area contributed by atoms with Crippen LogP contribution in [-0.4, -0.2) is 36.2 Å². The third-order valence-corrected chi connectivity index (χ3v) is 3.76. The highest BCUT2D eigenvalue weighted by molar-refractivity contribution is 5.74. The van der Waals surface area contributed by atoms with Crippen LogP contribution in [0, 0.1) is 23.3 Å². The average Bonchev–Trinajstić information content (AvgIpc) is 2.48. The Kier molecular flexibility index (Phi) is 4.90. The van der Waals surface area contributed by atoms with Crippen LogP contribution in [0.1, 0.15) is 19.4 Å². The molecule has 0 unspecified atom stereocenters. The Morgan fingerprint density at radius 1 is 1.27 bits per heavy atom. The molecule has 8 heteroatoms. The molecule has 2 atom stereocenters. The molecular formula is C14H16F4N2O2. The lowest BCUT2D eigenvalue weighted by molar-refractivity contribution is -0.0376. The Balaban J connectivity index is 2.09. The number of nitrogens with zero attached hydrogens (tertiary/aromatic N) is 1. The van der Waals surface area contributed by atoms with E-state index >= 15 is 0 Å². The fourth-order valence-electron chi connectivity index (χ4n) is 2.26. The molecule has 1 aliphatic rings. The van der Waals surface area contributed by atoms with Gasteiger partial charge in [0.15, 0.2) is 23.3 Å². The quantitative estimate of drug-likeness (QED) is 0.672. The van der Waals surface area contributed by atoms with Gasteiger partial charge in [-0.15, -0.1) is 0 Å². The van der Waals surface area contributed by atoms with Crippen molar-refractivity contribution in [2.75, 3.05) is 13.2 Å². The Morgan fingerprint density at radius 2 is 1.86 bits per heavy atom. The Morgan fingerprint density at radius 3 is 2.45 bits per heavy atom. The number of nitrogens with one attached hydrogen (secondary N) is 1. The Labute approximate surface area is 125 Å². The maximum absolute atomic E-state index is 13.5. The summed E-state index contributed by atoms with van der Waals surface area (Å²) in [4.78, 5) is 13.5. The highest BCUT2D eigenvalue weighted by Crippen LogP contribution is 2.19. The van der Waals surface area contributed by atoms with Crippen LogP contribution in [0.3, 0.4) is 0 Å². The number of carbonyl (C=O) groups is 1. The van der Waals surface area contributed by atoms with E-state index < -0.39 is 41.4 Å². The van der Waals surface area contributed by atoms with Crippen LogP contribution in [0.2, 0.25) is 0 Å². The van der Waals surface area contributed by atoms with Gasteiger partial charge < -0.3 is 15.0 Å². The van der Waals surface area contributed by atoms with Gasteiger partial charge in [0.2, 0.25) is 0 Å². The van der Waals surface area contributed by atoms with Crippen molar-refractivity contribution in [1.82, 2.24) is 10.2 Å². The number of benzene rings is 1. The topological polar surface area (TPSA) is 41.6 Å². The standard InChI is InChI=1S/C14H16F4N2O2/c1-7-8(2)22-4-3-20(7)14(21)19-6-9-12(17)10(15)5-11(16)13(9)18/h5,7-8H,3-4,6H2,1-2H3,(H,19,21)/t7-,8-/m0/s1. The molecule has 1 heterocycles. The third kappa shape index (κ3) is 3.16. The zero-order valence-electron chi connectivity index (χ0n) is 12.1. The molecule has 1 aromatic carbocycles. The van der Waals surface area contributed by atoms with Crippen LogP contribution in [-0.2, 0) is 11.3 Å². The van der Waals surface area contributed by atoms with Crippen LogP contribution in [0.15, 0.2) is 6.07 Å². The van der Waals surface area contributed by atoms with E-state index in [-0.39, 0.29) is 18.2 Å². The van der Waals surface area contributed by atoms with E-state index in [1.165, 1.54) is 4.90 Å². The van der Waals surface area contributed by atoms with Gasteiger partial charge in [-0.05, 0) is 13.8 Å². The number of rotatable bonds is 2. The van der Waals surface area contributed by atoms with E-state index in [1.807, 2.05) is 0 Å². The van der Waals surface area contributed by atoms with Crippen molar-refractivity contribution < 1.29 is 27.1 Å². The fraction of sp³-hybridized carbons (Fsp3) is 0.500. The smallest absolute Gasteiger partial charge is 0.318 e. The van der Waals surface area contributed by atoms with Crippen molar-refractivity contribution in [3.63, 3.8) is 0 Å². The normalized spacial score (nSPS) is 21.8. The zero-order valence-corrected chi connectivity index (χ0v) is 12.1. The number of hydrogen-bond acceptors (Lipinski definition) is 2. The molecule has 0 aromatic heterocycles. The second kappa shape index (κ2) is 6.51. The van der Waals surface area contributed by atoms with Crippen LogP contribution in [0.5, 0.6) is 0 Å². The minimum Gasteiger partial charge on any atom is -0.375 e. The lowest BCUT2D eigenvalue weighted by Crippen LogP contribution is -2.54. The summed E-state index contributed by atoms with van der Waals surface area (Å²) in [5.74, 6) is -6.03. The minimum atomic E-state index is -1.51. The molecule has 1 fully saturated rings. The molecule has 0 saturated carbocycles. The second-order valence-corrected chi connectivity index (χ2v) is 5.12. The number of carbonyl (C=O) groups excluding carboxylic acids is 1. The molecule has 2 amide bonds. The lowest BCUT2D eigenvalue weighted by Gasteiger charge is -2.37. The largest absolute Gasteiger partial charge is 0.375 e. The summed E-state index contributed by atoms with van der Waals surface area (Å²) in [6.45, 7) is 3.58. The first kappa shape index (κ1) is 16.5. The first-order valence-electron chi connectivity index (χ1n) is 6.80. The highest BCUT2D eigenvalue weighted by Gasteiger charge is 2.29. The van der Waals surface area contributed by atoms with Gasteiger partial charge in [-0.25, -0.2) is 22.4 Å². The summed E-state index contributed by atoms with van der Waals surface area (Å²) in [7, 11) is 0. The number of halogens is 4. The minimum absolute atomic E-state index is 0.127. The molecule has 0 radical (unpaired) electrons. The zero-order chi connectivity index (χ0) is 16.4. The van der Waals surface area contributed by atoms with Crippen molar-refractivity contribution in [1.29, 1.82) is 0 Å². The van der Waals surface area contributed by atoms with E-state index in [0.29, 0.717) is 13.2 Å². The summed E-state index contributed by atoms with van der Waals surface area (Å²) >= 11 is 0. The SMILES string of the molecule is C[C@@H]1OCCN(C(=O)NCc2c(F)c(F)cc(F)c2F)[C@H]1C. The maximum atomic E-state index is 13.5. The van der Waals surface area contributed by atoms with Gasteiger partial charge in [0.05, 0.1) is 25.3 Å². The van der Waals surface area contributed by atoms with Crippen LogP contribution in [0.25, 0.3) is 0 Å². The molecule has 1 N–H and O–H groups in total. The van der Waals surface area contributed by atoms with Gasteiger partial charge in [0.1, 0.15) is 0 Å².